The zero-order chi connectivity index (χ0) is 13.1. The second-order valence-corrected chi connectivity index (χ2v) is 4.83. The molecule has 0 aliphatic carbocycles. The molecule has 0 radical (unpaired) electrons. The summed E-state index contributed by atoms with van der Waals surface area (Å²) in [5.74, 6) is 0.961. The van der Waals surface area contributed by atoms with Crippen LogP contribution < -0.4 is 10.6 Å². The lowest BCUT2D eigenvalue weighted by molar-refractivity contribution is -0.111. The maximum atomic E-state index is 11.8. The molecule has 6 heteroatoms. The first-order valence-corrected chi connectivity index (χ1v) is 6.20. The third-order valence-corrected chi connectivity index (χ3v) is 3.82. The SMILES string of the molecule is C#CC(=O)Nc1sc2c(c1C(=O)OC)CCNC2. The largest absolute Gasteiger partial charge is 0.465 e. The van der Waals surface area contributed by atoms with Gasteiger partial charge in [0.15, 0.2) is 0 Å². The predicted molar refractivity (Wildman–Crippen MR) is 68.5 cm³/mol. The molecule has 0 saturated heterocycles. The Morgan fingerprint density at radius 2 is 2.33 bits per heavy atom. The van der Waals surface area contributed by atoms with Crippen LogP contribution in [-0.4, -0.2) is 25.5 Å². The minimum Gasteiger partial charge on any atom is -0.465 e. The molecular formula is C12H12N2O3S. The number of amides is 1. The van der Waals surface area contributed by atoms with E-state index in [1.807, 2.05) is 5.92 Å². The van der Waals surface area contributed by atoms with E-state index in [-0.39, 0.29) is 0 Å². The zero-order valence-electron chi connectivity index (χ0n) is 9.83. The fourth-order valence-corrected chi connectivity index (χ4v) is 3.08. The second kappa shape index (κ2) is 5.21. The molecule has 0 saturated carbocycles. The summed E-state index contributed by atoms with van der Waals surface area (Å²) >= 11 is 1.36. The highest BCUT2D eigenvalue weighted by Gasteiger charge is 2.26. The molecule has 5 nitrogen and oxygen atoms in total. The van der Waals surface area contributed by atoms with Gasteiger partial charge < -0.3 is 15.4 Å². The monoisotopic (exact) mass is 264 g/mol. The summed E-state index contributed by atoms with van der Waals surface area (Å²) in [6, 6.07) is 0. The van der Waals surface area contributed by atoms with E-state index in [9.17, 15) is 9.59 Å². The van der Waals surface area contributed by atoms with Gasteiger partial charge in [0.25, 0.3) is 0 Å². The molecule has 1 aromatic rings. The second-order valence-electron chi connectivity index (χ2n) is 3.72. The third-order valence-electron chi connectivity index (χ3n) is 2.68. The standard InChI is InChI=1S/C12H12N2O3S/c1-3-9(15)14-11-10(12(16)17-2)7-4-5-13-6-8(7)18-11/h1,13H,4-6H2,2H3,(H,14,15). The van der Waals surface area contributed by atoms with Crippen molar-refractivity contribution in [3.05, 3.63) is 16.0 Å². The van der Waals surface area contributed by atoms with Gasteiger partial charge >= 0.3 is 11.9 Å². The van der Waals surface area contributed by atoms with Crippen LogP contribution in [0.1, 0.15) is 20.8 Å². The number of terminal acetylenes is 1. The molecule has 0 unspecified atom stereocenters. The van der Waals surface area contributed by atoms with Crippen molar-refractivity contribution in [2.24, 2.45) is 0 Å². The maximum absolute atomic E-state index is 11.8. The van der Waals surface area contributed by atoms with Crippen LogP contribution in [-0.2, 0) is 22.5 Å². The molecule has 0 spiro atoms. The number of ether oxygens (including phenoxy) is 1. The molecule has 18 heavy (non-hydrogen) atoms. The molecule has 2 rings (SSSR count). The van der Waals surface area contributed by atoms with E-state index in [0.717, 1.165) is 23.4 Å². The third kappa shape index (κ3) is 2.23. The number of thiophene rings is 1. The number of carbonyl (C=O) groups excluding carboxylic acids is 2. The van der Waals surface area contributed by atoms with Gasteiger partial charge in [-0.2, -0.15) is 0 Å². The molecule has 1 aliphatic heterocycles. The number of carbonyl (C=O) groups is 2. The van der Waals surface area contributed by atoms with Crippen LogP contribution in [0.15, 0.2) is 0 Å². The van der Waals surface area contributed by atoms with Crippen molar-refractivity contribution in [2.45, 2.75) is 13.0 Å². The molecule has 0 aromatic carbocycles. The molecule has 1 aromatic heterocycles. The van der Waals surface area contributed by atoms with Crippen LogP contribution in [0.3, 0.4) is 0 Å². The summed E-state index contributed by atoms with van der Waals surface area (Å²) in [5.41, 5.74) is 1.38. The molecule has 0 bridgehead atoms. The summed E-state index contributed by atoms with van der Waals surface area (Å²) in [7, 11) is 1.32. The van der Waals surface area contributed by atoms with Gasteiger partial charge in [0.05, 0.1) is 12.7 Å². The highest BCUT2D eigenvalue weighted by molar-refractivity contribution is 7.17. The van der Waals surface area contributed by atoms with Gasteiger partial charge in [0.1, 0.15) is 5.00 Å². The first-order valence-electron chi connectivity index (χ1n) is 5.38. The summed E-state index contributed by atoms with van der Waals surface area (Å²) < 4.78 is 4.76. The van der Waals surface area contributed by atoms with Crippen LogP contribution in [0.5, 0.6) is 0 Å². The van der Waals surface area contributed by atoms with Gasteiger partial charge in [0.2, 0.25) is 0 Å². The van der Waals surface area contributed by atoms with Crippen molar-refractivity contribution in [1.82, 2.24) is 5.32 Å². The smallest absolute Gasteiger partial charge is 0.341 e. The molecule has 0 fully saturated rings. The summed E-state index contributed by atoms with van der Waals surface area (Å²) in [6.45, 7) is 1.49. The minimum atomic E-state index is -0.563. The van der Waals surface area contributed by atoms with E-state index >= 15 is 0 Å². The first kappa shape index (κ1) is 12.6. The summed E-state index contributed by atoms with van der Waals surface area (Å²) in [4.78, 5) is 24.1. The van der Waals surface area contributed by atoms with Crippen molar-refractivity contribution in [3.63, 3.8) is 0 Å². The lowest BCUT2D eigenvalue weighted by Crippen LogP contribution is -2.23. The molecule has 0 atom stereocenters. The predicted octanol–water partition coefficient (Wildman–Crippen LogP) is 0.752. The number of rotatable bonds is 2. The lowest BCUT2D eigenvalue weighted by atomic mass is 10.0. The number of methoxy groups -OCH3 is 1. The van der Waals surface area contributed by atoms with Crippen LogP contribution in [0, 0.1) is 12.3 Å². The van der Waals surface area contributed by atoms with Crippen molar-refractivity contribution >= 4 is 28.2 Å². The Morgan fingerprint density at radius 1 is 1.56 bits per heavy atom. The lowest BCUT2D eigenvalue weighted by Gasteiger charge is -2.13. The van der Waals surface area contributed by atoms with E-state index in [0.29, 0.717) is 17.1 Å². The Bertz CT molecular complexity index is 542. The average Bonchev–Trinajstić information content (AvgIpc) is 2.75. The Morgan fingerprint density at radius 3 is 3.00 bits per heavy atom. The van der Waals surface area contributed by atoms with E-state index in [4.69, 9.17) is 11.2 Å². The highest BCUT2D eigenvalue weighted by atomic mass is 32.1. The molecular weight excluding hydrogens is 252 g/mol. The Hall–Kier alpha value is -1.84. The van der Waals surface area contributed by atoms with Crippen molar-refractivity contribution in [3.8, 4) is 12.3 Å². The summed E-state index contributed by atoms with van der Waals surface area (Å²) in [5, 5.41) is 6.23. The number of fused-ring (bicyclic) bond motifs is 1. The first-order chi connectivity index (χ1) is 8.67. The molecule has 1 amide bonds. The highest BCUT2D eigenvalue weighted by Crippen LogP contribution is 2.35. The Labute approximate surface area is 109 Å². The normalized spacial score (nSPS) is 13.3. The van der Waals surface area contributed by atoms with Gasteiger partial charge in [-0.1, -0.05) is 0 Å². The van der Waals surface area contributed by atoms with Crippen LogP contribution in [0.2, 0.25) is 0 Å². The van der Waals surface area contributed by atoms with Crippen LogP contribution >= 0.6 is 11.3 Å². The van der Waals surface area contributed by atoms with E-state index in [1.165, 1.54) is 18.4 Å². The topological polar surface area (TPSA) is 67.4 Å². The number of hydrogen-bond donors (Lipinski definition) is 2. The fourth-order valence-electron chi connectivity index (χ4n) is 1.88. The molecule has 2 N–H and O–H groups in total. The molecule has 1 aliphatic rings. The number of nitrogens with one attached hydrogen (secondary N) is 2. The van der Waals surface area contributed by atoms with Crippen LogP contribution in [0.25, 0.3) is 0 Å². The summed E-state index contributed by atoms with van der Waals surface area (Å²) in [6.07, 6.45) is 5.75. The fraction of sp³-hybridized carbons (Fsp3) is 0.333. The maximum Gasteiger partial charge on any atom is 0.341 e. The van der Waals surface area contributed by atoms with Gasteiger partial charge in [-0.15, -0.1) is 17.8 Å². The zero-order valence-corrected chi connectivity index (χ0v) is 10.6. The number of anilines is 1. The van der Waals surface area contributed by atoms with Crippen molar-refractivity contribution in [1.29, 1.82) is 0 Å². The van der Waals surface area contributed by atoms with Gasteiger partial charge in [-0.05, 0) is 24.4 Å². The van der Waals surface area contributed by atoms with E-state index in [1.54, 1.807) is 0 Å². The molecule has 2 heterocycles. The number of hydrogen-bond acceptors (Lipinski definition) is 5. The van der Waals surface area contributed by atoms with Crippen molar-refractivity contribution < 1.29 is 14.3 Å². The quantitative estimate of drug-likeness (QED) is 0.611. The van der Waals surface area contributed by atoms with Crippen LogP contribution in [0.4, 0.5) is 5.00 Å². The Kier molecular flexibility index (Phi) is 3.65. The van der Waals surface area contributed by atoms with Gasteiger partial charge in [-0.3, -0.25) is 4.79 Å². The minimum absolute atomic E-state index is 0.433. The van der Waals surface area contributed by atoms with Gasteiger partial charge in [0, 0.05) is 11.4 Å². The average molecular weight is 264 g/mol. The van der Waals surface area contributed by atoms with Gasteiger partial charge in [-0.25, -0.2) is 4.79 Å². The van der Waals surface area contributed by atoms with Crippen molar-refractivity contribution in [2.75, 3.05) is 19.0 Å². The Balaban J connectivity index is 2.45. The number of esters is 1. The van der Waals surface area contributed by atoms with E-state index < -0.39 is 11.9 Å². The molecule has 94 valence electrons. The van der Waals surface area contributed by atoms with E-state index in [2.05, 4.69) is 10.6 Å².